The van der Waals surface area contributed by atoms with Gasteiger partial charge in [-0.1, -0.05) is 29.8 Å². The van der Waals surface area contributed by atoms with E-state index in [9.17, 15) is 9.18 Å². The van der Waals surface area contributed by atoms with Crippen LogP contribution in [0.3, 0.4) is 0 Å². The molecule has 0 bridgehead atoms. The van der Waals surface area contributed by atoms with Gasteiger partial charge in [-0.2, -0.15) is 5.01 Å². The summed E-state index contributed by atoms with van der Waals surface area (Å²) in [7, 11) is 0. The third kappa shape index (κ3) is 2.67. The van der Waals surface area contributed by atoms with Gasteiger partial charge in [0.25, 0.3) is 0 Å². The smallest absolute Gasteiger partial charge is 0.243 e. The molecule has 0 spiro atoms. The maximum Gasteiger partial charge on any atom is 0.243 e. The van der Waals surface area contributed by atoms with Crippen LogP contribution in [0, 0.1) is 5.82 Å². The molecular formula is C16H12ClFN2O2. The molecular weight excluding hydrogens is 307 g/mol. The minimum Gasteiger partial charge on any atom is -0.446 e. The number of halogens is 2. The first kappa shape index (κ1) is 14.5. The number of amides is 1. The van der Waals surface area contributed by atoms with E-state index >= 15 is 0 Å². The van der Waals surface area contributed by atoms with Crippen molar-refractivity contribution in [1.29, 1.82) is 0 Å². The van der Waals surface area contributed by atoms with E-state index in [4.69, 9.17) is 16.3 Å². The molecule has 2 aromatic rings. The van der Waals surface area contributed by atoms with Crippen molar-refractivity contribution in [3.05, 3.63) is 70.5 Å². The fourth-order valence-corrected chi connectivity index (χ4v) is 2.38. The zero-order chi connectivity index (χ0) is 15.7. The largest absolute Gasteiger partial charge is 0.446 e. The van der Waals surface area contributed by atoms with Crippen molar-refractivity contribution >= 4 is 23.4 Å². The second kappa shape index (κ2) is 5.77. The summed E-state index contributed by atoms with van der Waals surface area (Å²) in [6.07, 6.45) is -0.730. The molecule has 22 heavy (non-hydrogen) atoms. The number of hydrogen-bond donors (Lipinski definition) is 0. The molecule has 1 aliphatic heterocycles. The third-order valence-electron chi connectivity index (χ3n) is 3.23. The number of carbonyl (C=O) groups excluding carboxylic acids is 1. The van der Waals surface area contributed by atoms with E-state index in [2.05, 4.69) is 5.10 Å². The molecule has 0 saturated carbocycles. The zero-order valence-electron chi connectivity index (χ0n) is 11.7. The predicted octanol–water partition coefficient (Wildman–Crippen LogP) is 3.72. The Kier molecular flexibility index (Phi) is 3.81. The maximum absolute atomic E-state index is 13.0. The van der Waals surface area contributed by atoms with E-state index in [1.807, 2.05) is 0 Å². The summed E-state index contributed by atoms with van der Waals surface area (Å²) in [5, 5.41) is 5.89. The highest BCUT2D eigenvalue weighted by Crippen LogP contribution is 2.33. The number of hydrogen-bond acceptors (Lipinski definition) is 3. The van der Waals surface area contributed by atoms with Crippen molar-refractivity contribution in [2.75, 3.05) is 0 Å². The lowest BCUT2D eigenvalue weighted by Crippen LogP contribution is -2.25. The summed E-state index contributed by atoms with van der Waals surface area (Å²) in [6, 6.07) is 12.8. The molecule has 1 heterocycles. The minimum atomic E-state index is -0.730. The first-order valence-electron chi connectivity index (χ1n) is 6.61. The number of ether oxygens (including phenoxy) is 1. The van der Waals surface area contributed by atoms with Crippen LogP contribution in [0.1, 0.15) is 24.3 Å². The number of benzene rings is 2. The molecule has 1 aliphatic rings. The summed E-state index contributed by atoms with van der Waals surface area (Å²) >= 11 is 6.17. The van der Waals surface area contributed by atoms with Crippen LogP contribution in [-0.2, 0) is 9.53 Å². The molecule has 1 amide bonds. The van der Waals surface area contributed by atoms with Gasteiger partial charge >= 0.3 is 0 Å². The molecule has 0 fully saturated rings. The number of rotatable bonds is 2. The number of hydrazone groups is 1. The average Bonchev–Trinajstić information content (AvgIpc) is 2.93. The third-order valence-corrected chi connectivity index (χ3v) is 3.57. The van der Waals surface area contributed by atoms with Crippen LogP contribution in [0.15, 0.2) is 53.6 Å². The molecule has 0 radical (unpaired) electrons. The van der Waals surface area contributed by atoms with Crippen LogP contribution in [0.25, 0.3) is 0 Å². The van der Waals surface area contributed by atoms with Gasteiger partial charge in [0.05, 0.1) is 0 Å². The average molecular weight is 319 g/mol. The van der Waals surface area contributed by atoms with Gasteiger partial charge in [-0.05, 0) is 30.3 Å². The van der Waals surface area contributed by atoms with Crippen molar-refractivity contribution < 1.29 is 13.9 Å². The summed E-state index contributed by atoms with van der Waals surface area (Å²) < 4.78 is 18.8. The van der Waals surface area contributed by atoms with Crippen molar-refractivity contribution in [3.8, 4) is 0 Å². The van der Waals surface area contributed by atoms with E-state index in [-0.39, 0.29) is 17.6 Å². The summed E-state index contributed by atoms with van der Waals surface area (Å²) in [6.45, 7) is 1.39. The molecule has 0 saturated heterocycles. The Morgan fingerprint density at radius 1 is 1.23 bits per heavy atom. The fraction of sp³-hybridized carbons (Fsp3) is 0.125. The van der Waals surface area contributed by atoms with Gasteiger partial charge in [-0.3, -0.25) is 4.79 Å². The predicted molar refractivity (Wildman–Crippen MR) is 80.7 cm³/mol. The highest BCUT2D eigenvalue weighted by atomic mass is 35.5. The highest BCUT2D eigenvalue weighted by Gasteiger charge is 2.34. The van der Waals surface area contributed by atoms with Crippen LogP contribution < -0.4 is 0 Å². The van der Waals surface area contributed by atoms with Gasteiger partial charge < -0.3 is 4.74 Å². The van der Waals surface area contributed by atoms with Crippen molar-refractivity contribution in [1.82, 2.24) is 5.01 Å². The summed E-state index contributed by atoms with van der Waals surface area (Å²) in [4.78, 5) is 11.8. The Balaban J connectivity index is 1.96. The summed E-state index contributed by atoms with van der Waals surface area (Å²) in [5.74, 6) is -0.379. The van der Waals surface area contributed by atoms with Gasteiger partial charge in [-0.25, -0.2) is 4.39 Å². The van der Waals surface area contributed by atoms with E-state index < -0.39 is 6.23 Å². The van der Waals surface area contributed by atoms with Gasteiger partial charge in [0.1, 0.15) is 5.82 Å². The molecule has 6 heteroatoms. The van der Waals surface area contributed by atoms with Gasteiger partial charge in [-0.15, -0.1) is 5.10 Å². The van der Waals surface area contributed by atoms with Gasteiger partial charge in [0.15, 0.2) is 0 Å². The van der Waals surface area contributed by atoms with Gasteiger partial charge in [0.2, 0.25) is 18.0 Å². The molecule has 1 atom stereocenters. The van der Waals surface area contributed by atoms with E-state index in [1.165, 1.54) is 24.1 Å². The first-order valence-corrected chi connectivity index (χ1v) is 6.99. The maximum atomic E-state index is 13.0. The van der Waals surface area contributed by atoms with E-state index in [1.54, 1.807) is 36.4 Å². The lowest BCUT2D eigenvalue weighted by atomic mass is 10.2. The molecule has 0 aliphatic carbocycles. The van der Waals surface area contributed by atoms with Crippen molar-refractivity contribution in [2.24, 2.45) is 5.10 Å². The molecule has 4 nitrogen and oxygen atoms in total. The Labute approximate surface area is 131 Å². The standard InChI is InChI=1S/C16H12ClFN2O2/c1-10(21)20-16(13-4-2-3-5-14(13)17)22-15(19-20)11-6-8-12(18)9-7-11/h2-9,16H,1H3/t16-/m0/s1. The van der Waals surface area contributed by atoms with Crippen LogP contribution >= 0.6 is 11.6 Å². The van der Waals surface area contributed by atoms with E-state index in [0.717, 1.165) is 0 Å². The van der Waals surface area contributed by atoms with E-state index in [0.29, 0.717) is 16.1 Å². The monoisotopic (exact) mass is 318 g/mol. The molecule has 2 aromatic carbocycles. The Morgan fingerprint density at radius 3 is 2.55 bits per heavy atom. The van der Waals surface area contributed by atoms with Crippen molar-refractivity contribution in [3.63, 3.8) is 0 Å². The van der Waals surface area contributed by atoms with Gasteiger partial charge in [0, 0.05) is 23.1 Å². The summed E-state index contributed by atoms with van der Waals surface area (Å²) in [5.41, 5.74) is 1.22. The molecule has 112 valence electrons. The Hall–Kier alpha value is -2.40. The van der Waals surface area contributed by atoms with Crippen LogP contribution in [0.4, 0.5) is 4.39 Å². The van der Waals surface area contributed by atoms with Crippen LogP contribution in [0.2, 0.25) is 5.02 Å². The Morgan fingerprint density at radius 2 is 1.91 bits per heavy atom. The van der Waals surface area contributed by atoms with Crippen molar-refractivity contribution in [2.45, 2.75) is 13.2 Å². The number of carbonyl (C=O) groups is 1. The Bertz CT molecular complexity index is 746. The quantitative estimate of drug-likeness (QED) is 0.847. The topological polar surface area (TPSA) is 41.9 Å². The zero-order valence-corrected chi connectivity index (χ0v) is 12.4. The second-order valence-electron chi connectivity index (χ2n) is 4.77. The second-order valence-corrected chi connectivity index (χ2v) is 5.17. The first-order chi connectivity index (χ1) is 10.6. The van der Waals surface area contributed by atoms with Crippen LogP contribution in [-0.4, -0.2) is 16.8 Å². The molecule has 0 aromatic heterocycles. The van der Waals surface area contributed by atoms with Crippen LogP contribution in [0.5, 0.6) is 0 Å². The number of nitrogens with zero attached hydrogens (tertiary/aromatic N) is 2. The molecule has 0 unspecified atom stereocenters. The molecule has 0 N–H and O–H groups in total. The fourth-order valence-electron chi connectivity index (χ4n) is 2.15. The normalized spacial score (nSPS) is 17.1. The SMILES string of the molecule is CC(=O)N1N=C(c2ccc(F)cc2)O[C@H]1c1ccccc1Cl. The lowest BCUT2D eigenvalue weighted by Gasteiger charge is -2.20. The highest BCUT2D eigenvalue weighted by molar-refractivity contribution is 6.31. The minimum absolute atomic E-state index is 0.250. The molecule has 3 rings (SSSR count). The lowest BCUT2D eigenvalue weighted by molar-refractivity contribution is -0.135.